The minimum atomic E-state index is -0.562. The van der Waals surface area contributed by atoms with E-state index in [0.29, 0.717) is 13.2 Å². The molecule has 0 bridgehead atoms. The summed E-state index contributed by atoms with van der Waals surface area (Å²) in [5.41, 5.74) is 0.354. The van der Waals surface area contributed by atoms with E-state index in [9.17, 15) is 4.79 Å². The summed E-state index contributed by atoms with van der Waals surface area (Å²) in [6.45, 7) is 12.0. The summed E-state index contributed by atoms with van der Waals surface area (Å²) in [6, 6.07) is 0. The lowest BCUT2D eigenvalue weighted by Gasteiger charge is -2.29. The molecular formula is C18H27BrN4O2S. The van der Waals surface area contributed by atoms with Crippen LogP contribution in [0.4, 0.5) is 4.79 Å². The average molecular weight is 443 g/mol. The van der Waals surface area contributed by atoms with Gasteiger partial charge in [0.25, 0.3) is 0 Å². The van der Waals surface area contributed by atoms with Gasteiger partial charge in [-0.05, 0) is 49.2 Å². The van der Waals surface area contributed by atoms with Gasteiger partial charge < -0.3 is 9.64 Å². The molecule has 1 rings (SSSR count). The van der Waals surface area contributed by atoms with Crippen LogP contribution in [0.15, 0.2) is 39.4 Å². The number of carbonyl (C=O) groups is 1. The van der Waals surface area contributed by atoms with Gasteiger partial charge in [-0.25, -0.2) is 14.8 Å². The number of aromatic nitrogens is 1. The zero-order valence-electron chi connectivity index (χ0n) is 16.0. The maximum atomic E-state index is 12.6. The second-order valence-corrected chi connectivity index (χ2v) is 9.12. The van der Waals surface area contributed by atoms with E-state index in [0.717, 1.165) is 20.9 Å². The number of halogens is 1. The van der Waals surface area contributed by atoms with Crippen molar-refractivity contribution < 1.29 is 9.53 Å². The van der Waals surface area contributed by atoms with Crippen LogP contribution in [0.25, 0.3) is 0 Å². The molecule has 0 radical (unpaired) electrons. The summed E-state index contributed by atoms with van der Waals surface area (Å²) in [6.07, 6.45) is 7.42. The summed E-state index contributed by atoms with van der Waals surface area (Å²) in [4.78, 5) is 24.7. The van der Waals surface area contributed by atoms with Crippen LogP contribution in [-0.4, -0.2) is 46.5 Å². The van der Waals surface area contributed by atoms with E-state index in [2.05, 4.69) is 32.5 Å². The molecule has 0 spiro atoms. The number of ether oxygens (including phenoxy) is 1. The van der Waals surface area contributed by atoms with E-state index in [1.807, 2.05) is 45.7 Å². The lowest BCUT2D eigenvalue weighted by atomic mass is 10.2. The monoisotopic (exact) mass is 442 g/mol. The quantitative estimate of drug-likeness (QED) is 0.245. The third-order valence-corrected chi connectivity index (χ3v) is 4.45. The molecule has 1 aromatic rings. The van der Waals surface area contributed by atoms with Crippen LogP contribution in [0.1, 0.15) is 39.1 Å². The molecule has 0 aliphatic carbocycles. The molecule has 6 nitrogen and oxygen atoms in total. The normalized spacial score (nSPS) is 12.3. The smallest absolute Gasteiger partial charge is 0.412 e. The molecule has 0 aliphatic heterocycles. The van der Waals surface area contributed by atoms with Crippen molar-refractivity contribution in [2.75, 3.05) is 13.7 Å². The largest absolute Gasteiger partial charge is 0.444 e. The van der Waals surface area contributed by atoms with Crippen molar-refractivity contribution in [1.29, 1.82) is 0 Å². The van der Waals surface area contributed by atoms with Gasteiger partial charge in [-0.1, -0.05) is 19.6 Å². The fourth-order valence-electron chi connectivity index (χ4n) is 1.89. The van der Waals surface area contributed by atoms with Crippen LogP contribution >= 0.6 is 27.3 Å². The van der Waals surface area contributed by atoms with Gasteiger partial charge in [0.2, 0.25) is 0 Å². The van der Waals surface area contributed by atoms with E-state index in [1.54, 1.807) is 23.5 Å². The molecule has 0 atom stereocenters. The standard InChI is InChI=1S/C18H27BrN4O2S/c1-7-9-14(8-2)21-12-22(6)13-23(17(24)25-18(3,4)5)11-16-20-10-15(19)26-16/h7,9-10,12H,1,8,11,13H2,2-6H3/b14-9+,21-12?. The fraction of sp³-hybridized carbons (Fsp3) is 0.500. The van der Waals surface area contributed by atoms with Crippen molar-refractivity contribution in [1.82, 2.24) is 14.8 Å². The number of hydrogen-bond donors (Lipinski definition) is 0. The average Bonchev–Trinajstić information content (AvgIpc) is 2.94. The Morgan fingerprint density at radius 1 is 1.50 bits per heavy atom. The van der Waals surface area contributed by atoms with E-state index < -0.39 is 5.60 Å². The third-order valence-electron chi connectivity index (χ3n) is 2.99. The Labute approximate surface area is 168 Å². The van der Waals surface area contributed by atoms with Crippen molar-refractivity contribution in [2.24, 2.45) is 4.99 Å². The van der Waals surface area contributed by atoms with E-state index in [4.69, 9.17) is 4.74 Å². The lowest BCUT2D eigenvalue weighted by Crippen LogP contribution is -2.42. The van der Waals surface area contributed by atoms with Crippen LogP contribution in [0, 0.1) is 0 Å². The van der Waals surface area contributed by atoms with Crippen LogP contribution in [0.5, 0.6) is 0 Å². The summed E-state index contributed by atoms with van der Waals surface area (Å²) >= 11 is 4.89. The van der Waals surface area contributed by atoms with Gasteiger partial charge in [0.15, 0.2) is 0 Å². The number of nitrogens with zero attached hydrogens (tertiary/aromatic N) is 4. The molecule has 144 valence electrons. The zero-order valence-corrected chi connectivity index (χ0v) is 18.4. The van der Waals surface area contributed by atoms with E-state index in [1.165, 1.54) is 11.3 Å². The predicted molar refractivity (Wildman–Crippen MR) is 111 cm³/mol. The van der Waals surface area contributed by atoms with Gasteiger partial charge in [0.05, 0.1) is 29.5 Å². The Morgan fingerprint density at radius 2 is 2.19 bits per heavy atom. The highest BCUT2D eigenvalue weighted by Gasteiger charge is 2.23. The SMILES string of the molecule is C=C/C=C(\CC)N=CN(C)CN(Cc1ncc(Br)s1)C(=O)OC(C)(C)C. The summed E-state index contributed by atoms with van der Waals surface area (Å²) in [5, 5.41) is 0.828. The number of aliphatic imine (C=N–C) groups is 1. The maximum Gasteiger partial charge on any atom is 0.412 e. The van der Waals surface area contributed by atoms with Crippen molar-refractivity contribution in [2.45, 2.75) is 46.3 Å². The number of allylic oxidation sites excluding steroid dienone is 3. The first-order valence-electron chi connectivity index (χ1n) is 8.28. The Bertz CT molecular complexity index is 664. The molecule has 0 N–H and O–H groups in total. The highest BCUT2D eigenvalue weighted by Crippen LogP contribution is 2.21. The highest BCUT2D eigenvalue weighted by atomic mass is 79.9. The Balaban J connectivity index is 2.86. The zero-order chi connectivity index (χ0) is 19.7. The Hall–Kier alpha value is -1.67. The molecule has 0 unspecified atom stereocenters. The second-order valence-electron chi connectivity index (χ2n) is 6.63. The third kappa shape index (κ3) is 8.62. The van der Waals surface area contributed by atoms with Crippen LogP contribution in [-0.2, 0) is 11.3 Å². The van der Waals surface area contributed by atoms with Crippen molar-refractivity contribution >= 4 is 39.7 Å². The lowest BCUT2D eigenvalue weighted by molar-refractivity contribution is 0.0176. The molecule has 1 amide bonds. The van der Waals surface area contributed by atoms with Gasteiger partial charge in [0.1, 0.15) is 10.6 Å². The molecule has 0 saturated carbocycles. The molecule has 0 saturated heterocycles. The second kappa shape index (κ2) is 10.5. The molecule has 26 heavy (non-hydrogen) atoms. The first-order valence-corrected chi connectivity index (χ1v) is 9.89. The summed E-state index contributed by atoms with van der Waals surface area (Å²) < 4.78 is 6.45. The van der Waals surface area contributed by atoms with Crippen molar-refractivity contribution in [3.8, 4) is 0 Å². The van der Waals surface area contributed by atoms with E-state index >= 15 is 0 Å². The molecule has 1 aromatic heterocycles. The van der Waals surface area contributed by atoms with Gasteiger partial charge in [-0.3, -0.25) is 4.90 Å². The molecule has 1 heterocycles. The number of hydrogen-bond acceptors (Lipinski definition) is 5. The van der Waals surface area contributed by atoms with Crippen molar-refractivity contribution in [3.63, 3.8) is 0 Å². The van der Waals surface area contributed by atoms with Gasteiger partial charge >= 0.3 is 6.09 Å². The number of rotatable bonds is 8. The summed E-state index contributed by atoms with van der Waals surface area (Å²) in [5.74, 6) is 0. The fourth-order valence-corrected chi connectivity index (χ4v) is 3.21. The topological polar surface area (TPSA) is 58.0 Å². The summed E-state index contributed by atoms with van der Waals surface area (Å²) in [7, 11) is 1.86. The predicted octanol–water partition coefficient (Wildman–Crippen LogP) is 5.04. The Kier molecular flexibility index (Phi) is 9.01. The molecule has 8 heteroatoms. The van der Waals surface area contributed by atoms with Gasteiger partial charge in [-0.15, -0.1) is 11.3 Å². The van der Waals surface area contributed by atoms with Gasteiger partial charge in [0, 0.05) is 12.7 Å². The van der Waals surface area contributed by atoms with Crippen LogP contribution < -0.4 is 0 Å². The molecular weight excluding hydrogens is 416 g/mol. The first-order chi connectivity index (χ1) is 12.1. The van der Waals surface area contributed by atoms with Crippen molar-refractivity contribution in [3.05, 3.63) is 39.4 Å². The minimum absolute atomic E-state index is 0.334. The molecule has 0 fully saturated rings. The Morgan fingerprint density at radius 3 is 2.69 bits per heavy atom. The van der Waals surface area contributed by atoms with Crippen LogP contribution in [0.3, 0.4) is 0 Å². The number of amides is 1. The number of carbonyl (C=O) groups excluding carboxylic acids is 1. The minimum Gasteiger partial charge on any atom is -0.444 e. The van der Waals surface area contributed by atoms with E-state index in [-0.39, 0.29) is 6.09 Å². The van der Waals surface area contributed by atoms with Gasteiger partial charge in [-0.2, -0.15) is 0 Å². The first kappa shape index (κ1) is 22.4. The number of thiazole rings is 1. The molecule has 0 aromatic carbocycles. The van der Waals surface area contributed by atoms with Crippen LogP contribution in [0.2, 0.25) is 0 Å². The molecule has 0 aliphatic rings. The maximum absolute atomic E-state index is 12.6. The highest BCUT2D eigenvalue weighted by molar-refractivity contribution is 9.11.